The van der Waals surface area contributed by atoms with Gasteiger partial charge in [-0.05, 0) is 19.1 Å². The van der Waals surface area contributed by atoms with Gasteiger partial charge in [0.05, 0.1) is 20.7 Å². The van der Waals surface area contributed by atoms with Crippen LogP contribution in [0.2, 0.25) is 10.0 Å². The maximum absolute atomic E-state index is 11.9. The van der Waals surface area contributed by atoms with E-state index in [4.69, 9.17) is 28.9 Å². The minimum Gasteiger partial charge on any atom is -0.392 e. The number of sulfonamides is 1. The first-order valence-corrected chi connectivity index (χ1v) is 8.11. The molecule has 0 bridgehead atoms. The predicted octanol–water partition coefficient (Wildman–Crippen LogP) is 3.17. The summed E-state index contributed by atoms with van der Waals surface area (Å²) in [5, 5.41) is -0.676. The van der Waals surface area contributed by atoms with Crippen molar-refractivity contribution in [2.75, 3.05) is 4.72 Å². The molecule has 1 atom stereocenters. The predicted molar refractivity (Wildman–Crippen MR) is 83.0 cm³/mol. The van der Waals surface area contributed by atoms with Crippen molar-refractivity contribution in [3.05, 3.63) is 26.7 Å². The molecule has 4 nitrogen and oxygen atoms in total. The quantitative estimate of drug-likeness (QED) is 0.773. The Morgan fingerprint density at radius 1 is 1.44 bits per heavy atom. The molecule has 0 saturated carbocycles. The van der Waals surface area contributed by atoms with Crippen molar-refractivity contribution >= 4 is 72.0 Å². The lowest BCUT2D eigenvalue weighted by molar-refractivity contribution is 0.598. The third kappa shape index (κ3) is 3.71. The Balaban J connectivity index is 3.17. The van der Waals surface area contributed by atoms with Gasteiger partial charge in [0.15, 0.2) is 0 Å². The monoisotopic (exact) mass is 390 g/mol. The SMILES string of the molecule is CC(C(N)=S)S(=O)(=O)Nc1c(Cl)cc(Br)cc1Cl. The highest BCUT2D eigenvalue weighted by molar-refractivity contribution is 9.10. The van der Waals surface area contributed by atoms with E-state index in [1.54, 1.807) is 0 Å². The van der Waals surface area contributed by atoms with Crippen LogP contribution >= 0.6 is 51.3 Å². The van der Waals surface area contributed by atoms with Gasteiger partial charge in [0.1, 0.15) is 5.25 Å². The molecule has 1 aromatic carbocycles. The van der Waals surface area contributed by atoms with Gasteiger partial charge in [0, 0.05) is 4.47 Å². The molecule has 0 fully saturated rings. The van der Waals surface area contributed by atoms with E-state index < -0.39 is 15.3 Å². The number of hydrogen-bond acceptors (Lipinski definition) is 3. The first-order chi connectivity index (χ1) is 8.15. The molecule has 0 spiro atoms. The van der Waals surface area contributed by atoms with E-state index in [2.05, 4.69) is 32.9 Å². The van der Waals surface area contributed by atoms with Gasteiger partial charge in [-0.1, -0.05) is 51.3 Å². The number of benzene rings is 1. The summed E-state index contributed by atoms with van der Waals surface area (Å²) in [5.41, 5.74) is 5.42. The highest BCUT2D eigenvalue weighted by atomic mass is 79.9. The average molecular weight is 392 g/mol. The summed E-state index contributed by atoms with van der Waals surface area (Å²) in [7, 11) is -3.77. The lowest BCUT2D eigenvalue weighted by atomic mass is 10.3. The van der Waals surface area contributed by atoms with Crippen molar-refractivity contribution in [2.24, 2.45) is 5.73 Å². The van der Waals surface area contributed by atoms with E-state index in [1.165, 1.54) is 19.1 Å². The maximum atomic E-state index is 11.9. The third-order valence-electron chi connectivity index (χ3n) is 2.12. The van der Waals surface area contributed by atoms with E-state index in [9.17, 15) is 8.42 Å². The second-order valence-corrected chi connectivity index (χ2v) is 7.64. The molecule has 100 valence electrons. The highest BCUT2D eigenvalue weighted by Gasteiger charge is 2.25. The fraction of sp³-hybridized carbons (Fsp3) is 0.222. The second kappa shape index (κ2) is 5.92. The van der Waals surface area contributed by atoms with Gasteiger partial charge in [-0.2, -0.15) is 0 Å². The van der Waals surface area contributed by atoms with Crippen molar-refractivity contribution in [1.29, 1.82) is 0 Å². The van der Waals surface area contributed by atoms with Crippen LogP contribution in [0.1, 0.15) is 6.92 Å². The molecule has 18 heavy (non-hydrogen) atoms. The molecule has 0 aromatic heterocycles. The smallest absolute Gasteiger partial charge is 0.241 e. The molecule has 0 saturated heterocycles. The number of halogens is 3. The Morgan fingerprint density at radius 2 is 1.89 bits per heavy atom. The summed E-state index contributed by atoms with van der Waals surface area (Å²) in [5.74, 6) is 0. The van der Waals surface area contributed by atoms with Gasteiger partial charge in [0.2, 0.25) is 10.0 Å². The van der Waals surface area contributed by atoms with Crippen LogP contribution in [-0.2, 0) is 10.0 Å². The number of thiocarbonyl (C=S) groups is 1. The minimum atomic E-state index is -3.77. The Hall–Kier alpha value is -0.0800. The summed E-state index contributed by atoms with van der Waals surface area (Å²) >= 11 is 19.7. The van der Waals surface area contributed by atoms with Crippen LogP contribution < -0.4 is 10.5 Å². The van der Waals surface area contributed by atoms with Crippen LogP contribution in [0, 0.1) is 0 Å². The summed E-state index contributed by atoms with van der Waals surface area (Å²) in [6.07, 6.45) is 0. The van der Waals surface area contributed by atoms with E-state index in [-0.39, 0.29) is 20.7 Å². The normalized spacial score (nSPS) is 13.1. The molecule has 1 unspecified atom stereocenters. The summed E-state index contributed by atoms with van der Waals surface area (Å²) in [4.78, 5) is -0.133. The van der Waals surface area contributed by atoms with Gasteiger partial charge in [-0.3, -0.25) is 4.72 Å². The minimum absolute atomic E-state index is 0.102. The van der Waals surface area contributed by atoms with E-state index in [0.29, 0.717) is 4.47 Å². The van der Waals surface area contributed by atoms with Crippen LogP contribution in [0.5, 0.6) is 0 Å². The van der Waals surface area contributed by atoms with Crippen molar-refractivity contribution in [1.82, 2.24) is 0 Å². The fourth-order valence-corrected chi connectivity index (χ4v) is 3.81. The number of rotatable bonds is 4. The van der Waals surface area contributed by atoms with Crippen LogP contribution in [0.3, 0.4) is 0 Å². The molecule has 9 heteroatoms. The van der Waals surface area contributed by atoms with Crippen LogP contribution in [0.4, 0.5) is 5.69 Å². The van der Waals surface area contributed by atoms with Crippen molar-refractivity contribution in [3.63, 3.8) is 0 Å². The lowest BCUT2D eigenvalue weighted by Gasteiger charge is -2.15. The molecule has 0 amide bonds. The first-order valence-electron chi connectivity index (χ1n) is 4.60. The van der Waals surface area contributed by atoms with Crippen molar-refractivity contribution in [3.8, 4) is 0 Å². The zero-order valence-electron chi connectivity index (χ0n) is 9.08. The second-order valence-electron chi connectivity index (χ2n) is 3.44. The third-order valence-corrected chi connectivity index (χ3v) is 5.35. The topological polar surface area (TPSA) is 72.2 Å². The number of nitrogens with two attached hydrogens (primary N) is 1. The largest absolute Gasteiger partial charge is 0.392 e. The molecular formula is C9H9BrCl2N2O2S2. The van der Waals surface area contributed by atoms with E-state index >= 15 is 0 Å². The summed E-state index contributed by atoms with van der Waals surface area (Å²) in [6.45, 7) is 1.38. The number of anilines is 1. The molecule has 1 aromatic rings. The molecule has 1 rings (SSSR count). The standard InChI is InChI=1S/C9H9BrCl2N2O2S2/c1-4(9(13)17)18(15,16)14-8-6(11)2-5(10)3-7(8)12/h2-4,14H,1H3,(H2,13,17). The summed E-state index contributed by atoms with van der Waals surface area (Å²) in [6, 6.07) is 3.05. The first kappa shape index (κ1) is 16.0. The Labute approximate surface area is 129 Å². The van der Waals surface area contributed by atoms with Gasteiger partial charge in [0.25, 0.3) is 0 Å². The zero-order valence-corrected chi connectivity index (χ0v) is 13.8. The fourth-order valence-electron chi connectivity index (χ4n) is 1.02. The molecule has 0 heterocycles. The van der Waals surface area contributed by atoms with E-state index in [1.807, 2.05) is 0 Å². The van der Waals surface area contributed by atoms with Gasteiger partial charge < -0.3 is 5.73 Å². The van der Waals surface area contributed by atoms with Crippen LogP contribution in [-0.4, -0.2) is 18.7 Å². The van der Waals surface area contributed by atoms with E-state index in [0.717, 1.165) is 0 Å². The molecule has 0 radical (unpaired) electrons. The molecule has 0 aliphatic carbocycles. The van der Waals surface area contributed by atoms with Gasteiger partial charge >= 0.3 is 0 Å². The number of hydrogen-bond donors (Lipinski definition) is 2. The maximum Gasteiger partial charge on any atom is 0.241 e. The molecule has 3 N–H and O–H groups in total. The molecule has 0 aliphatic heterocycles. The molecular weight excluding hydrogens is 383 g/mol. The number of nitrogens with one attached hydrogen (secondary N) is 1. The van der Waals surface area contributed by atoms with Gasteiger partial charge in [-0.25, -0.2) is 8.42 Å². The Morgan fingerprint density at radius 3 is 2.28 bits per heavy atom. The van der Waals surface area contributed by atoms with Gasteiger partial charge in [-0.15, -0.1) is 0 Å². The zero-order chi connectivity index (χ0) is 14.1. The van der Waals surface area contributed by atoms with Crippen molar-refractivity contribution in [2.45, 2.75) is 12.2 Å². The lowest BCUT2D eigenvalue weighted by Crippen LogP contribution is -2.35. The van der Waals surface area contributed by atoms with Crippen molar-refractivity contribution < 1.29 is 8.42 Å². The summed E-state index contributed by atoms with van der Waals surface area (Å²) < 4.78 is 26.8. The molecule has 0 aliphatic rings. The highest BCUT2D eigenvalue weighted by Crippen LogP contribution is 2.34. The van der Waals surface area contributed by atoms with Crippen LogP contribution in [0.15, 0.2) is 16.6 Å². The Bertz CT molecular complexity index is 569. The Kier molecular flexibility index (Phi) is 5.25. The average Bonchev–Trinajstić information content (AvgIpc) is 2.22. The van der Waals surface area contributed by atoms with Crippen LogP contribution in [0.25, 0.3) is 0 Å².